The van der Waals surface area contributed by atoms with E-state index in [1.54, 1.807) is 4.90 Å². The average molecular weight is 349 g/mol. The third kappa shape index (κ3) is 5.01. The van der Waals surface area contributed by atoms with Gasteiger partial charge in [-0.25, -0.2) is 4.39 Å². The quantitative estimate of drug-likeness (QED) is 0.877. The fourth-order valence-corrected chi connectivity index (χ4v) is 2.86. The smallest absolute Gasteiger partial charge is 0.227 e. The van der Waals surface area contributed by atoms with E-state index in [4.69, 9.17) is 0 Å². The van der Waals surface area contributed by atoms with Crippen LogP contribution in [0.4, 0.5) is 15.8 Å². The molecule has 3 amide bonds. The fraction of sp³-hybridized carbons (Fsp3) is 0.500. The van der Waals surface area contributed by atoms with Gasteiger partial charge < -0.3 is 15.5 Å². The summed E-state index contributed by atoms with van der Waals surface area (Å²) in [5, 5.41) is 5.14. The summed E-state index contributed by atoms with van der Waals surface area (Å²) in [6.07, 6.45) is 1.11. The number of amides is 3. The van der Waals surface area contributed by atoms with Crippen molar-refractivity contribution in [3.63, 3.8) is 0 Å². The molecule has 0 bridgehead atoms. The molecule has 7 heteroatoms. The van der Waals surface area contributed by atoms with Crippen molar-refractivity contribution in [2.24, 2.45) is 11.8 Å². The second-order valence-electron chi connectivity index (χ2n) is 6.62. The van der Waals surface area contributed by atoms with Gasteiger partial charge >= 0.3 is 0 Å². The summed E-state index contributed by atoms with van der Waals surface area (Å²) in [4.78, 5) is 37.2. The lowest BCUT2D eigenvalue weighted by atomic mass is 9.95. The average Bonchev–Trinajstić information content (AvgIpc) is 2.56. The topological polar surface area (TPSA) is 78.5 Å². The molecule has 0 spiro atoms. The van der Waals surface area contributed by atoms with Crippen LogP contribution in [-0.2, 0) is 14.4 Å². The Labute approximate surface area is 146 Å². The summed E-state index contributed by atoms with van der Waals surface area (Å²) in [5.41, 5.74) is 0.457. The van der Waals surface area contributed by atoms with Gasteiger partial charge in [0.25, 0.3) is 0 Å². The number of halogens is 1. The fourth-order valence-electron chi connectivity index (χ4n) is 2.86. The summed E-state index contributed by atoms with van der Waals surface area (Å²) in [6, 6.07) is 4.03. The monoisotopic (exact) mass is 349 g/mol. The molecule has 2 rings (SSSR count). The van der Waals surface area contributed by atoms with E-state index in [1.165, 1.54) is 25.1 Å². The number of hydrogen-bond donors (Lipinski definition) is 2. The van der Waals surface area contributed by atoms with E-state index in [0.717, 1.165) is 0 Å². The number of carbonyl (C=O) groups is 3. The lowest BCUT2D eigenvalue weighted by Gasteiger charge is -2.32. The second-order valence-corrected chi connectivity index (χ2v) is 6.62. The van der Waals surface area contributed by atoms with Gasteiger partial charge in [-0.3, -0.25) is 14.4 Å². The Morgan fingerprint density at radius 2 is 1.80 bits per heavy atom. The summed E-state index contributed by atoms with van der Waals surface area (Å²) in [6.45, 7) is 6.12. The first-order valence-corrected chi connectivity index (χ1v) is 8.44. The summed E-state index contributed by atoms with van der Waals surface area (Å²) in [5.74, 6) is -1.33. The predicted molar refractivity (Wildman–Crippen MR) is 93.5 cm³/mol. The zero-order valence-corrected chi connectivity index (χ0v) is 14.8. The molecule has 1 aliphatic rings. The lowest BCUT2D eigenvalue weighted by Crippen LogP contribution is -2.43. The molecule has 1 aliphatic heterocycles. The zero-order chi connectivity index (χ0) is 18.6. The number of nitrogens with one attached hydrogen (secondary N) is 2. The minimum Gasteiger partial charge on any atom is -0.342 e. The summed E-state index contributed by atoms with van der Waals surface area (Å²) < 4.78 is 13.9. The van der Waals surface area contributed by atoms with E-state index in [1.807, 2.05) is 13.8 Å². The highest BCUT2D eigenvalue weighted by molar-refractivity contribution is 5.94. The Balaban J connectivity index is 1.97. The number of carbonyl (C=O) groups excluding carboxylic acids is 3. The predicted octanol–water partition coefficient (Wildman–Crippen LogP) is 2.62. The second kappa shape index (κ2) is 8.09. The van der Waals surface area contributed by atoms with Crippen molar-refractivity contribution in [1.82, 2.24) is 4.90 Å². The standard InChI is InChI=1S/C18H24FN3O3/c1-11(2)18(25)22-8-6-13(7-9-22)17(24)21-16-10-14(20-12(3)23)4-5-15(16)19/h4-5,10-11,13H,6-9H2,1-3H3,(H,20,23)(H,21,24). The summed E-state index contributed by atoms with van der Waals surface area (Å²) >= 11 is 0. The molecule has 0 atom stereocenters. The number of anilines is 2. The van der Waals surface area contributed by atoms with Crippen molar-refractivity contribution < 1.29 is 18.8 Å². The van der Waals surface area contributed by atoms with Crippen molar-refractivity contribution in [1.29, 1.82) is 0 Å². The van der Waals surface area contributed by atoms with Crippen LogP contribution in [0.15, 0.2) is 18.2 Å². The van der Waals surface area contributed by atoms with Gasteiger partial charge in [0, 0.05) is 37.5 Å². The number of piperidine rings is 1. The van der Waals surface area contributed by atoms with Crippen LogP contribution in [0.3, 0.4) is 0 Å². The van der Waals surface area contributed by atoms with E-state index >= 15 is 0 Å². The maximum absolute atomic E-state index is 13.9. The first kappa shape index (κ1) is 18.9. The molecule has 0 unspecified atom stereocenters. The first-order valence-electron chi connectivity index (χ1n) is 8.44. The molecule has 1 aromatic rings. The van der Waals surface area contributed by atoms with Gasteiger partial charge in [0.05, 0.1) is 5.69 Å². The molecule has 6 nitrogen and oxygen atoms in total. The molecule has 1 saturated heterocycles. The Hall–Kier alpha value is -2.44. The van der Waals surface area contributed by atoms with E-state index in [9.17, 15) is 18.8 Å². The van der Waals surface area contributed by atoms with Crippen LogP contribution in [0, 0.1) is 17.7 Å². The number of likely N-dealkylation sites (tertiary alicyclic amines) is 1. The zero-order valence-electron chi connectivity index (χ0n) is 14.8. The molecule has 1 heterocycles. The number of rotatable bonds is 4. The van der Waals surface area contributed by atoms with Crippen LogP contribution in [0.1, 0.15) is 33.6 Å². The van der Waals surface area contributed by atoms with E-state index < -0.39 is 5.82 Å². The molecule has 0 aliphatic carbocycles. The molecule has 25 heavy (non-hydrogen) atoms. The van der Waals surface area contributed by atoms with E-state index in [-0.39, 0.29) is 35.2 Å². The van der Waals surface area contributed by atoms with Crippen molar-refractivity contribution in [3.05, 3.63) is 24.0 Å². The minimum absolute atomic E-state index is 0.0388. The lowest BCUT2D eigenvalue weighted by molar-refractivity contribution is -0.137. The van der Waals surface area contributed by atoms with Crippen LogP contribution < -0.4 is 10.6 Å². The van der Waals surface area contributed by atoms with E-state index in [0.29, 0.717) is 31.6 Å². The number of hydrogen-bond acceptors (Lipinski definition) is 3. The Morgan fingerprint density at radius 1 is 1.16 bits per heavy atom. The molecular weight excluding hydrogens is 325 g/mol. The van der Waals surface area contributed by atoms with Gasteiger partial charge in [-0.1, -0.05) is 13.8 Å². The van der Waals surface area contributed by atoms with Crippen LogP contribution in [0.25, 0.3) is 0 Å². The third-order valence-corrected chi connectivity index (χ3v) is 4.22. The molecule has 136 valence electrons. The minimum atomic E-state index is -0.560. The third-order valence-electron chi connectivity index (χ3n) is 4.22. The van der Waals surface area contributed by atoms with Crippen molar-refractivity contribution in [2.45, 2.75) is 33.6 Å². The van der Waals surface area contributed by atoms with Gasteiger partial charge in [0.2, 0.25) is 17.7 Å². The van der Waals surface area contributed by atoms with Crippen molar-refractivity contribution in [2.75, 3.05) is 23.7 Å². The Kier molecular flexibility index (Phi) is 6.12. The molecule has 0 radical (unpaired) electrons. The van der Waals surface area contributed by atoms with Crippen LogP contribution >= 0.6 is 0 Å². The highest BCUT2D eigenvalue weighted by Gasteiger charge is 2.28. The summed E-state index contributed by atoms with van der Waals surface area (Å²) in [7, 11) is 0. The Bertz CT molecular complexity index is 668. The van der Waals surface area contributed by atoms with Crippen molar-refractivity contribution >= 4 is 29.1 Å². The molecule has 2 N–H and O–H groups in total. The normalized spacial score (nSPS) is 15.2. The van der Waals surface area contributed by atoms with E-state index in [2.05, 4.69) is 10.6 Å². The van der Waals surface area contributed by atoms with Crippen LogP contribution in [0.2, 0.25) is 0 Å². The molecule has 0 saturated carbocycles. The van der Waals surface area contributed by atoms with Crippen LogP contribution in [0.5, 0.6) is 0 Å². The highest BCUT2D eigenvalue weighted by atomic mass is 19.1. The van der Waals surface area contributed by atoms with Gasteiger partial charge in [-0.2, -0.15) is 0 Å². The van der Waals surface area contributed by atoms with Gasteiger partial charge in [0.15, 0.2) is 0 Å². The largest absolute Gasteiger partial charge is 0.342 e. The highest BCUT2D eigenvalue weighted by Crippen LogP contribution is 2.24. The first-order chi connectivity index (χ1) is 11.8. The van der Waals surface area contributed by atoms with Crippen molar-refractivity contribution in [3.8, 4) is 0 Å². The van der Waals surface area contributed by atoms with Gasteiger partial charge in [-0.15, -0.1) is 0 Å². The molecule has 0 aromatic heterocycles. The number of nitrogens with zero attached hydrogens (tertiary/aromatic N) is 1. The maximum atomic E-state index is 13.9. The number of benzene rings is 1. The molecule has 1 aromatic carbocycles. The van der Waals surface area contributed by atoms with Gasteiger partial charge in [0.1, 0.15) is 5.82 Å². The molecule has 1 fully saturated rings. The van der Waals surface area contributed by atoms with Crippen LogP contribution in [-0.4, -0.2) is 35.7 Å². The SMILES string of the molecule is CC(=O)Nc1ccc(F)c(NC(=O)C2CCN(C(=O)C(C)C)CC2)c1. The Morgan fingerprint density at radius 3 is 2.36 bits per heavy atom. The maximum Gasteiger partial charge on any atom is 0.227 e. The van der Waals surface area contributed by atoms with Gasteiger partial charge in [-0.05, 0) is 31.0 Å². The molecular formula is C18H24FN3O3.